The van der Waals surface area contributed by atoms with Gasteiger partial charge in [-0.2, -0.15) is 0 Å². The van der Waals surface area contributed by atoms with E-state index < -0.39 is 11.2 Å². The van der Waals surface area contributed by atoms with E-state index in [0.717, 1.165) is 23.4 Å². The molecular formula is C20H23NO4S. The van der Waals surface area contributed by atoms with E-state index in [1.165, 1.54) is 0 Å². The van der Waals surface area contributed by atoms with Gasteiger partial charge in [0.05, 0.1) is 7.11 Å². The Bertz CT molecular complexity index is 848. The van der Waals surface area contributed by atoms with Crippen LogP contribution in [0.15, 0.2) is 35.1 Å². The number of ether oxygens (including phenoxy) is 2. The van der Waals surface area contributed by atoms with E-state index >= 15 is 0 Å². The molecule has 0 N–H and O–H groups in total. The van der Waals surface area contributed by atoms with Gasteiger partial charge < -0.3 is 18.6 Å². The van der Waals surface area contributed by atoms with Crippen molar-refractivity contribution in [2.45, 2.75) is 26.4 Å². The van der Waals surface area contributed by atoms with Crippen molar-refractivity contribution in [3.8, 4) is 11.5 Å². The summed E-state index contributed by atoms with van der Waals surface area (Å²) < 4.78 is 25.0. The normalized spacial score (nSPS) is 19.8. The first kappa shape index (κ1) is 18.6. The van der Waals surface area contributed by atoms with Crippen molar-refractivity contribution in [3.63, 3.8) is 0 Å². The molecule has 1 aliphatic heterocycles. The molecule has 2 atom stereocenters. The zero-order chi connectivity index (χ0) is 18.7. The maximum atomic E-state index is 11.6. The second-order valence-corrected chi connectivity index (χ2v) is 8.03. The summed E-state index contributed by atoms with van der Waals surface area (Å²) in [4.78, 5) is 11.6. The van der Waals surface area contributed by atoms with E-state index in [1.807, 2.05) is 48.9 Å². The SMILES string of the molecule is COc1ccc(/C=C/n2c(C)cc(=O)cc2C)cc1O[C@H]1CC[S+]([O-])C1. The van der Waals surface area contributed by atoms with Gasteiger partial charge in [-0.1, -0.05) is 6.07 Å². The maximum Gasteiger partial charge on any atom is 0.182 e. The van der Waals surface area contributed by atoms with Crippen LogP contribution in [0.4, 0.5) is 0 Å². The Hall–Kier alpha value is -2.18. The molecule has 0 aliphatic carbocycles. The molecule has 26 heavy (non-hydrogen) atoms. The molecular weight excluding hydrogens is 350 g/mol. The number of aromatic nitrogens is 1. The summed E-state index contributed by atoms with van der Waals surface area (Å²) in [7, 11) is 1.61. The summed E-state index contributed by atoms with van der Waals surface area (Å²) in [5.41, 5.74) is 2.73. The molecule has 3 rings (SSSR count). The summed E-state index contributed by atoms with van der Waals surface area (Å²) in [6.07, 6.45) is 4.66. The van der Waals surface area contributed by atoms with Crippen LogP contribution in [-0.2, 0) is 11.2 Å². The lowest BCUT2D eigenvalue weighted by atomic mass is 10.2. The van der Waals surface area contributed by atoms with Crippen LogP contribution in [0.3, 0.4) is 0 Å². The Kier molecular flexibility index (Phi) is 5.74. The Labute approximate surface area is 156 Å². The van der Waals surface area contributed by atoms with Gasteiger partial charge in [-0.05, 0) is 48.8 Å². The molecule has 0 saturated carbocycles. The third kappa shape index (κ3) is 4.31. The Morgan fingerprint density at radius 3 is 2.54 bits per heavy atom. The van der Waals surface area contributed by atoms with Crippen molar-refractivity contribution in [2.24, 2.45) is 0 Å². The lowest BCUT2D eigenvalue weighted by Crippen LogP contribution is -2.18. The molecule has 0 amide bonds. The van der Waals surface area contributed by atoms with Crippen LogP contribution in [0, 0.1) is 13.8 Å². The van der Waals surface area contributed by atoms with Gasteiger partial charge in [-0.3, -0.25) is 4.79 Å². The lowest BCUT2D eigenvalue weighted by Gasteiger charge is -2.15. The Morgan fingerprint density at radius 2 is 1.92 bits per heavy atom. The highest BCUT2D eigenvalue weighted by Crippen LogP contribution is 2.31. The first-order valence-electron chi connectivity index (χ1n) is 8.54. The van der Waals surface area contributed by atoms with Gasteiger partial charge >= 0.3 is 0 Å². The van der Waals surface area contributed by atoms with E-state index in [2.05, 4.69) is 0 Å². The topological polar surface area (TPSA) is 63.5 Å². The number of hydrogen-bond donors (Lipinski definition) is 0. The molecule has 2 aromatic rings. The number of methoxy groups -OCH3 is 1. The van der Waals surface area contributed by atoms with E-state index in [0.29, 0.717) is 23.0 Å². The van der Waals surface area contributed by atoms with E-state index in [4.69, 9.17) is 9.47 Å². The highest BCUT2D eigenvalue weighted by molar-refractivity contribution is 7.91. The van der Waals surface area contributed by atoms with Gasteiger partial charge in [-0.15, -0.1) is 0 Å². The number of benzene rings is 1. The first-order chi connectivity index (χ1) is 12.5. The van der Waals surface area contributed by atoms with Crippen molar-refractivity contribution in [1.82, 2.24) is 4.57 Å². The molecule has 1 unspecified atom stereocenters. The van der Waals surface area contributed by atoms with Gasteiger partial charge in [0.2, 0.25) is 0 Å². The average molecular weight is 373 g/mol. The number of aryl methyl sites for hydroxylation is 2. The fourth-order valence-corrected chi connectivity index (χ4v) is 4.41. The molecule has 5 nitrogen and oxygen atoms in total. The highest BCUT2D eigenvalue weighted by Gasteiger charge is 2.28. The number of pyridine rings is 1. The van der Waals surface area contributed by atoms with Crippen molar-refractivity contribution in [3.05, 3.63) is 57.5 Å². The van der Waals surface area contributed by atoms with Crippen molar-refractivity contribution >= 4 is 23.5 Å². The molecule has 1 fully saturated rings. The standard InChI is InChI=1S/C20H23NO4S/c1-14-10-17(22)11-15(2)21(14)8-6-16-4-5-19(24-3)20(12-16)25-18-7-9-26(23)13-18/h4-6,8,10-12,18H,7,9,13H2,1-3H3/b8-6+/t18-,26?/m0/s1. The molecule has 2 heterocycles. The first-order valence-corrected chi connectivity index (χ1v) is 10.0. The summed E-state index contributed by atoms with van der Waals surface area (Å²) in [6, 6.07) is 8.96. The van der Waals surface area contributed by atoms with Crippen LogP contribution in [0.2, 0.25) is 0 Å². The highest BCUT2D eigenvalue weighted by atomic mass is 32.2. The van der Waals surface area contributed by atoms with Gasteiger partial charge in [-0.25, -0.2) is 0 Å². The van der Waals surface area contributed by atoms with Gasteiger partial charge in [0.15, 0.2) is 16.9 Å². The van der Waals surface area contributed by atoms with Crippen molar-refractivity contribution < 1.29 is 14.0 Å². The average Bonchev–Trinajstić information content (AvgIpc) is 2.99. The Morgan fingerprint density at radius 1 is 1.19 bits per heavy atom. The van der Waals surface area contributed by atoms with Crippen LogP contribution in [-0.4, -0.2) is 33.8 Å². The number of nitrogens with zero attached hydrogens (tertiary/aromatic N) is 1. The van der Waals surface area contributed by atoms with Crippen LogP contribution in [0.5, 0.6) is 11.5 Å². The molecule has 1 saturated heterocycles. The smallest absolute Gasteiger partial charge is 0.182 e. The van der Waals surface area contributed by atoms with Crippen LogP contribution < -0.4 is 14.9 Å². The third-order valence-corrected chi connectivity index (χ3v) is 5.83. The zero-order valence-corrected chi connectivity index (χ0v) is 16.0. The van der Waals surface area contributed by atoms with Crippen molar-refractivity contribution in [1.29, 1.82) is 0 Å². The number of hydrogen-bond acceptors (Lipinski definition) is 4. The van der Waals surface area contributed by atoms with Gasteiger partial charge in [0.25, 0.3) is 0 Å². The van der Waals surface area contributed by atoms with Gasteiger partial charge in [0, 0.05) is 36.1 Å². The second kappa shape index (κ2) is 8.01. The van der Waals surface area contributed by atoms with E-state index in [-0.39, 0.29) is 11.5 Å². The third-order valence-electron chi connectivity index (χ3n) is 4.40. The van der Waals surface area contributed by atoms with Gasteiger partial charge in [0.1, 0.15) is 17.6 Å². The molecule has 1 aromatic heterocycles. The fraction of sp³-hybridized carbons (Fsp3) is 0.350. The van der Waals surface area contributed by atoms with Crippen molar-refractivity contribution in [2.75, 3.05) is 18.6 Å². The second-order valence-electron chi connectivity index (χ2n) is 6.41. The van der Waals surface area contributed by atoms with Crippen LogP contribution >= 0.6 is 0 Å². The molecule has 0 bridgehead atoms. The molecule has 0 radical (unpaired) electrons. The fourth-order valence-electron chi connectivity index (χ4n) is 3.06. The molecule has 138 valence electrons. The summed E-state index contributed by atoms with van der Waals surface area (Å²) >= 11 is -0.785. The minimum atomic E-state index is -0.785. The quantitative estimate of drug-likeness (QED) is 0.756. The summed E-state index contributed by atoms with van der Waals surface area (Å²) in [6.45, 7) is 3.81. The number of rotatable bonds is 5. The maximum absolute atomic E-state index is 11.6. The van der Waals surface area contributed by atoms with Crippen LogP contribution in [0.1, 0.15) is 23.4 Å². The Balaban J connectivity index is 1.84. The van der Waals surface area contributed by atoms with E-state index in [9.17, 15) is 9.35 Å². The summed E-state index contributed by atoms with van der Waals surface area (Å²) in [5.74, 6) is 2.58. The van der Waals surface area contributed by atoms with E-state index in [1.54, 1.807) is 19.2 Å². The molecule has 1 aromatic carbocycles. The molecule has 1 aliphatic rings. The lowest BCUT2D eigenvalue weighted by molar-refractivity contribution is 0.218. The predicted molar refractivity (Wildman–Crippen MR) is 105 cm³/mol. The minimum absolute atomic E-state index is 0.0127. The molecule has 0 spiro atoms. The largest absolute Gasteiger partial charge is 0.616 e. The monoisotopic (exact) mass is 373 g/mol. The predicted octanol–water partition coefficient (Wildman–Crippen LogP) is 3.00. The summed E-state index contributed by atoms with van der Waals surface area (Å²) in [5, 5.41) is 0. The molecule has 6 heteroatoms. The van der Waals surface area contributed by atoms with Crippen LogP contribution in [0.25, 0.3) is 12.3 Å². The zero-order valence-electron chi connectivity index (χ0n) is 15.2. The minimum Gasteiger partial charge on any atom is -0.616 e.